The summed E-state index contributed by atoms with van der Waals surface area (Å²) in [4.78, 5) is 18.8. The second-order valence-corrected chi connectivity index (χ2v) is 6.57. The number of carbonyl (C=O) groups is 1. The third-order valence-corrected chi connectivity index (χ3v) is 4.80. The number of aromatic nitrogens is 2. The quantitative estimate of drug-likeness (QED) is 0.788. The zero-order chi connectivity index (χ0) is 16.9. The van der Waals surface area contributed by atoms with Crippen molar-refractivity contribution in [3.05, 3.63) is 35.2 Å². The molecule has 0 N–H and O–H groups in total. The van der Waals surface area contributed by atoms with E-state index in [-0.39, 0.29) is 5.91 Å². The second-order valence-electron chi connectivity index (χ2n) is 6.14. The van der Waals surface area contributed by atoms with E-state index in [1.807, 2.05) is 24.0 Å². The van der Waals surface area contributed by atoms with Crippen molar-refractivity contribution in [2.45, 2.75) is 51.5 Å². The lowest BCUT2D eigenvalue weighted by Crippen LogP contribution is -2.38. The molecule has 0 aliphatic heterocycles. The first-order chi connectivity index (χ1) is 11.7. The van der Waals surface area contributed by atoms with Gasteiger partial charge >= 0.3 is 0 Å². The van der Waals surface area contributed by atoms with Crippen LogP contribution in [0.5, 0.6) is 0 Å². The van der Waals surface area contributed by atoms with Gasteiger partial charge in [-0.1, -0.05) is 29.6 Å². The smallest absolute Gasteiger partial charge is 0.227 e. The number of halogens is 1. The average Bonchev–Trinajstić information content (AvgIpc) is 3.26. The summed E-state index contributed by atoms with van der Waals surface area (Å²) in [5.74, 6) is 1.20. The third kappa shape index (κ3) is 3.96. The SMILES string of the molecule is CCN(C(=O)CCc1nc(-c2ccc(Cl)cc2)no1)C1CCCC1. The Bertz CT molecular complexity index is 678. The van der Waals surface area contributed by atoms with Crippen LogP contribution in [0, 0.1) is 0 Å². The van der Waals surface area contributed by atoms with Gasteiger partial charge < -0.3 is 9.42 Å². The number of hydrogen-bond donors (Lipinski definition) is 0. The van der Waals surface area contributed by atoms with Crippen LogP contribution >= 0.6 is 11.6 Å². The van der Waals surface area contributed by atoms with Gasteiger partial charge in [-0.2, -0.15) is 4.98 Å². The molecule has 1 aliphatic rings. The van der Waals surface area contributed by atoms with Crippen LogP contribution in [0.25, 0.3) is 11.4 Å². The Labute approximate surface area is 147 Å². The van der Waals surface area contributed by atoms with Crippen molar-refractivity contribution < 1.29 is 9.32 Å². The molecule has 1 heterocycles. The van der Waals surface area contributed by atoms with Crippen molar-refractivity contribution in [2.75, 3.05) is 6.54 Å². The van der Waals surface area contributed by atoms with Crippen LogP contribution in [0.4, 0.5) is 0 Å². The minimum atomic E-state index is 0.177. The molecule has 1 aromatic heterocycles. The Hall–Kier alpha value is -1.88. The predicted octanol–water partition coefficient (Wildman–Crippen LogP) is 4.11. The number of carbonyl (C=O) groups excluding carboxylic acids is 1. The lowest BCUT2D eigenvalue weighted by atomic mass is 10.2. The molecule has 0 atom stereocenters. The molecule has 2 aromatic rings. The molecule has 24 heavy (non-hydrogen) atoms. The molecule has 0 spiro atoms. The van der Waals surface area contributed by atoms with Gasteiger partial charge in [-0.05, 0) is 44.0 Å². The molecule has 0 radical (unpaired) electrons. The third-order valence-electron chi connectivity index (χ3n) is 4.55. The van der Waals surface area contributed by atoms with Gasteiger partial charge in [0.25, 0.3) is 0 Å². The van der Waals surface area contributed by atoms with Crippen LogP contribution in [-0.2, 0) is 11.2 Å². The zero-order valence-electron chi connectivity index (χ0n) is 13.9. The lowest BCUT2D eigenvalue weighted by Gasteiger charge is -2.27. The number of benzene rings is 1. The minimum absolute atomic E-state index is 0.177. The molecule has 1 amide bonds. The summed E-state index contributed by atoms with van der Waals surface area (Å²) >= 11 is 5.88. The molecule has 1 aliphatic carbocycles. The molecule has 1 aromatic carbocycles. The minimum Gasteiger partial charge on any atom is -0.340 e. The highest BCUT2D eigenvalue weighted by atomic mass is 35.5. The highest BCUT2D eigenvalue weighted by Crippen LogP contribution is 2.24. The van der Waals surface area contributed by atoms with Gasteiger partial charge in [0.05, 0.1) is 0 Å². The molecule has 128 valence electrons. The van der Waals surface area contributed by atoms with Gasteiger partial charge in [-0.3, -0.25) is 4.79 Å². The number of nitrogens with zero attached hydrogens (tertiary/aromatic N) is 3. The van der Waals surface area contributed by atoms with Crippen molar-refractivity contribution in [3.8, 4) is 11.4 Å². The second kappa shape index (κ2) is 7.79. The van der Waals surface area contributed by atoms with Crippen molar-refractivity contribution in [1.29, 1.82) is 0 Å². The largest absolute Gasteiger partial charge is 0.340 e. The maximum atomic E-state index is 12.5. The fourth-order valence-corrected chi connectivity index (χ4v) is 3.41. The maximum Gasteiger partial charge on any atom is 0.227 e. The van der Waals surface area contributed by atoms with Gasteiger partial charge in [0.1, 0.15) is 0 Å². The number of amides is 1. The predicted molar refractivity (Wildman–Crippen MR) is 92.7 cm³/mol. The van der Waals surface area contributed by atoms with Crippen LogP contribution in [0.1, 0.15) is 44.9 Å². The van der Waals surface area contributed by atoms with Gasteiger partial charge in [-0.25, -0.2) is 0 Å². The Balaban J connectivity index is 1.58. The van der Waals surface area contributed by atoms with Gasteiger partial charge in [0.2, 0.25) is 17.6 Å². The van der Waals surface area contributed by atoms with E-state index in [1.54, 1.807) is 12.1 Å². The standard InChI is InChI=1S/C18H22ClN3O2/c1-2-22(15-5-3-4-6-15)17(23)12-11-16-20-18(21-24-16)13-7-9-14(19)10-8-13/h7-10,15H,2-6,11-12H2,1H3. The molecule has 6 heteroatoms. The van der Waals surface area contributed by atoms with E-state index >= 15 is 0 Å². The van der Waals surface area contributed by atoms with Crippen LogP contribution in [0.15, 0.2) is 28.8 Å². The number of aryl methyl sites for hydroxylation is 1. The molecular formula is C18H22ClN3O2. The van der Waals surface area contributed by atoms with Crippen LogP contribution in [0.3, 0.4) is 0 Å². The van der Waals surface area contributed by atoms with Crippen molar-refractivity contribution in [1.82, 2.24) is 15.0 Å². The van der Waals surface area contributed by atoms with Gasteiger partial charge in [-0.15, -0.1) is 0 Å². The topological polar surface area (TPSA) is 59.2 Å². The van der Waals surface area contributed by atoms with Crippen molar-refractivity contribution in [3.63, 3.8) is 0 Å². The average molecular weight is 348 g/mol. The Morgan fingerprint density at radius 1 is 1.29 bits per heavy atom. The van der Waals surface area contributed by atoms with E-state index < -0.39 is 0 Å². The number of hydrogen-bond acceptors (Lipinski definition) is 4. The first kappa shape index (κ1) is 17.0. The molecule has 1 saturated carbocycles. The summed E-state index contributed by atoms with van der Waals surface area (Å²) in [7, 11) is 0. The highest BCUT2D eigenvalue weighted by Gasteiger charge is 2.25. The van der Waals surface area contributed by atoms with E-state index in [0.29, 0.717) is 35.6 Å². The fourth-order valence-electron chi connectivity index (χ4n) is 3.28. The highest BCUT2D eigenvalue weighted by molar-refractivity contribution is 6.30. The first-order valence-corrected chi connectivity index (χ1v) is 8.93. The lowest BCUT2D eigenvalue weighted by molar-refractivity contribution is -0.133. The molecule has 5 nitrogen and oxygen atoms in total. The van der Waals surface area contributed by atoms with E-state index in [1.165, 1.54) is 12.8 Å². The normalized spacial score (nSPS) is 14.9. The van der Waals surface area contributed by atoms with Crippen molar-refractivity contribution in [2.24, 2.45) is 0 Å². The Morgan fingerprint density at radius 2 is 2.00 bits per heavy atom. The van der Waals surface area contributed by atoms with Crippen LogP contribution in [-0.4, -0.2) is 33.5 Å². The Kier molecular flexibility index (Phi) is 5.51. The molecule has 0 saturated heterocycles. The van der Waals surface area contributed by atoms with Crippen molar-refractivity contribution >= 4 is 17.5 Å². The monoisotopic (exact) mass is 347 g/mol. The first-order valence-electron chi connectivity index (χ1n) is 8.55. The molecular weight excluding hydrogens is 326 g/mol. The summed E-state index contributed by atoms with van der Waals surface area (Å²) in [5.41, 5.74) is 0.849. The summed E-state index contributed by atoms with van der Waals surface area (Å²) < 4.78 is 5.27. The fraction of sp³-hybridized carbons (Fsp3) is 0.500. The Morgan fingerprint density at radius 3 is 2.67 bits per heavy atom. The molecule has 0 bridgehead atoms. The molecule has 3 rings (SSSR count). The maximum absolute atomic E-state index is 12.5. The van der Waals surface area contributed by atoms with E-state index in [2.05, 4.69) is 10.1 Å². The van der Waals surface area contributed by atoms with E-state index in [0.717, 1.165) is 24.9 Å². The van der Waals surface area contributed by atoms with Gasteiger partial charge in [0, 0.05) is 36.0 Å². The molecule has 0 unspecified atom stereocenters. The summed E-state index contributed by atoms with van der Waals surface area (Å²) in [6.45, 7) is 2.81. The zero-order valence-corrected chi connectivity index (χ0v) is 14.6. The molecule has 1 fully saturated rings. The van der Waals surface area contributed by atoms with Crippen LogP contribution in [0.2, 0.25) is 5.02 Å². The summed E-state index contributed by atoms with van der Waals surface area (Å²) in [6.07, 6.45) is 5.59. The summed E-state index contributed by atoms with van der Waals surface area (Å²) in [6, 6.07) is 7.69. The van der Waals surface area contributed by atoms with Gasteiger partial charge in [0.15, 0.2) is 0 Å². The van der Waals surface area contributed by atoms with E-state index in [4.69, 9.17) is 16.1 Å². The van der Waals surface area contributed by atoms with Crippen LogP contribution < -0.4 is 0 Å². The number of rotatable bonds is 6. The van der Waals surface area contributed by atoms with E-state index in [9.17, 15) is 4.79 Å². The summed E-state index contributed by atoms with van der Waals surface area (Å²) in [5, 5.41) is 4.65.